The van der Waals surface area contributed by atoms with Crippen molar-refractivity contribution in [2.45, 2.75) is 0 Å². The van der Waals surface area contributed by atoms with E-state index >= 15 is 0 Å². The van der Waals surface area contributed by atoms with Crippen molar-refractivity contribution in [2.24, 2.45) is 0 Å². The molecule has 0 rings (SSSR count). The van der Waals surface area contributed by atoms with Gasteiger partial charge in [-0.3, -0.25) is 4.79 Å². The van der Waals surface area contributed by atoms with Gasteiger partial charge < -0.3 is 20.1 Å². The summed E-state index contributed by atoms with van der Waals surface area (Å²) in [7, 11) is 0. The van der Waals surface area contributed by atoms with Crippen LogP contribution in [-0.2, 0) is 4.79 Å². The van der Waals surface area contributed by atoms with Crippen LogP contribution in [0.5, 0.6) is 0 Å². The molecule has 0 aliphatic rings. The molecule has 0 amide bonds. The summed E-state index contributed by atoms with van der Waals surface area (Å²) in [6, 6.07) is 0. The predicted molar refractivity (Wildman–Crippen MR) is 14.1 cm³/mol. The van der Waals surface area contributed by atoms with Crippen LogP contribution in [0.3, 0.4) is 0 Å². The fourth-order valence-electron chi connectivity index (χ4n) is 0. The minimum Gasteiger partial charge on any atom is -0.652 e. The fraction of sp³-hybridized carbons (Fsp3) is 0. The number of carbonyl (C=O) groups is 2. The van der Waals surface area contributed by atoms with Crippen LogP contribution in [0, 0.1) is 0 Å². The maximum atomic E-state index is 8.36. The van der Waals surface area contributed by atoms with Gasteiger partial charge in [-0.05, 0) is 6.16 Å². The molecule has 5 nitrogen and oxygen atoms in total. The number of hydrogen-bond acceptors (Lipinski definition) is 4. The van der Waals surface area contributed by atoms with Crippen LogP contribution in [0.15, 0.2) is 0 Å². The largest absolute Gasteiger partial charge is 1.00 e. The van der Waals surface area contributed by atoms with E-state index in [1.165, 1.54) is 0 Å². The molecule has 0 aliphatic heterocycles. The van der Waals surface area contributed by atoms with Crippen LogP contribution in [0.1, 0.15) is 0 Å². The Bertz CT molecular complexity index is 60.0. The van der Waals surface area contributed by atoms with Crippen molar-refractivity contribution in [1.82, 2.24) is 0 Å². The molecule has 0 spiro atoms. The summed E-state index contributed by atoms with van der Waals surface area (Å²) < 4.78 is 0. The Morgan fingerprint density at radius 3 is 1.33 bits per heavy atom. The van der Waals surface area contributed by atoms with Gasteiger partial charge in [0.2, 0.25) is 0 Å². The number of hydrogen-bond donors (Lipinski definition) is 1. The first-order chi connectivity index (χ1) is 3.15. The average molecular weight is 120 g/mol. The van der Waals surface area contributed by atoms with Gasteiger partial charge in [-0.2, -0.15) is 0 Å². The summed E-state index contributed by atoms with van der Waals surface area (Å²) in [5.41, 5.74) is 0. The van der Waals surface area contributed by atoms with Crippen LogP contribution in [0.25, 0.3) is 0 Å². The van der Waals surface area contributed by atoms with Gasteiger partial charge in [0.05, 0.1) is 0 Å². The van der Waals surface area contributed by atoms with E-state index in [1.54, 1.807) is 0 Å². The molecule has 0 radical (unpaired) electrons. The molecule has 9 heavy (non-hydrogen) atoms. The smallest absolute Gasteiger partial charge is 0.652 e. The van der Waals surface area contributed by atoms with Crippen molar-refractivity contribution in [3.63, 3.8) is 0 Å². The molecule has 0 saturated heterocycles. The fourth-order valence-corrected chi connectivity index (χ4v) is 0. The van der Waals surface area contributed by atoms with E-state index in [0.29, 0.717) is 0 Å². The Morgan fingerprint density at radius 2 is 1.33 bits per heavy atom. The number of carboxylic acid groups (broad SMARTS) is 3. The van der Waals surface area contributed by atoms with Crippen molar-refractivity contribution in [3.8, 4) is 0 Å². The summed E-state index contributed by atoms with van der Waals surface area (Å²) in [5, 5.41) is 23.6. The molecule has 0 atom stereocenters. The van der Waals surface area contributed by atoms with Gasteiger partial charge in [0.15, 0.2) is 0 Å². The maximum absolute atomic E-state index is 8.36. The van der Waals surface area contributed by atoms with E-state index in [1.807, 2.05) is 0 Å². The average Bonchev–Trinajstić information content (AvgIpc) is 1.33. The molecule has 0 saturated carbocycles. The first-order valence-corrected chi connectivity index (χ1v) is 1.11. The van der Waals surface area contributed by atoms with Gasteiger partial charge in [-0.15, -0.1) is 0 Å². The molecule has 0 unspecified atom stereocenters. The van der Waals surface area contributed by atoms with E-state index in [0.717, 1.165) is 0 Å². The molecule has 0 bridgehead atoms. The summed E-state index contributed by atoms with van der Waals surface area (Å²) in [6.45, 7) is -0.250. The van der Waals surface area contributed by atoms with E-state index < -0.39 is 6.16 Å². The van der Waals surface area contributed by atoms with Gasteiger partial charge in [-0.25, -0.2) is 0 Å². The molecule has 0 aromatic heterocycles. The summed E-state index contributed by atoms with van der Waals surface area (Å²) in [5.74, 6) is 0. The third-order valence-corrected chi connectivity index (χ3v) is 0. The van der Waals surface area contributed by atoms with Crippen LogP contribution in [-0.4, -0.2) is 17.7 Å². The molecule has 0 aliphatic carbocycles. The zero-order chi connectivity index (χ0) is 6.28. The third kappa shape index (κ3) is 65800. The van der Waals surface area contributed by atoms with E-state index in [4.69, 9.17) is 24.9 Å². The topological polar surface area (TPSA) is 100 Å². The zero-order valence-corrected chi connectivity index (χ0v) is 5.16. The first-order valence-electron chi connectivity index (χ1n) is 1.11. The SMILES string of the molecule is O=C([O-])[O-].O=CO.[Li+].[Li+]. The number of carbonyl (C=O) groups excluding carboxylic acids is 1. The van der Waals surface area contributed by atoms with Gasteiger partial charge in [0.1, 0.15) is 0 Å². The Balaban J connectivity index is -0.0000000233. The second-order valence-electron chi connectivity index (χ2n) is 0.355. The van der Waals surface area contributed by atoms with Crippen molar-refractivity contribution >= 4 is 12.6 Å². The summed E-state index contributed by atoms with van der Waals surface area (Å²) in [4.78, 5) is 16.7. The van der Waals surface area contributed by atoms with E-state index in [9.17, 15) is 0 Å². The molecule has 42 valence electrons. The molecule has 0 aromatic rings. The minimum atomic E-state index is -2.33. The summed E-state index contributed by atoms with van der Waals surface area (Å²) >= 11 is 0. The monoisotopic (exact) mass is 120 g/mol. The third-order valence-electron chi connectivity index (χ3n) is 0. The van der Waals surface area contributed by atoms with Crippen molar-refractivity contribution in [3.05, 3.63) is 0 Å². The van der Waals surface area contributed by atoms with Crippen LogP contribution in [0.4, 0.5) is 4.79 Å². The Labute approximate surface area is 75.4 Å². The molecule has 0 fully saturated rings. The van der Waals surface area contributed by atoms with Gasteiger partial charge in [0.25, 0.3) is 6.47 Å². The maximum Gasteiger partial charge on any atom is 1.00 e. The molecule has 0 aromatic carbocycles. The Kier molecular flexibility index (Phi) is 63.3. The quantitative estimate of drug-likeness (QED) is 0.252. The van der Waals surface area contributed by atoms with Crippen LogP contribution in [0.2, 0.25) is 0 Å². The molecule has 0 heterocycles. The second kappa shape index (κ2) is 24.6. The predicted octanol–water partition coefficient (Wildman–Crippen LogP) is -8.74. The van der Waals surface area contributed by atoms with E-state index in [2.05, 4.69) is 0 Å². The Morgan fingerprint density at radius 1 is 1.33 bits per heavy atom. The zero-order valence-electron chi connectivity index (χ0n) is 5.16. The van der Waals surface area contributed by atoms with Crippen LogP contribution >= 0.6 is 0 Å². The number of rotatable bonds is 0. The first kappa shape index (κ1) is 23.1. The van der Waals surface area contributed by atoms with Crippen molar-refractivity contribution in [1.29, 1.82) is 0 Å². The normalized spacial score (nSPS) is 4.00. The summed E-state index contributed by atoms with van der Waals surface area (Å²) in [6.07, 6.45) is -2.33. The van der Waals surface area contributed by atoms with Crippen LogP contribution < -0.4 is 47.9 Å². The standard InChI is InChI=1S/CH2O3.CH2O2.2Li/c2-1(3)4;2-1-3;;/h(H2,2,3,4);1H,(H,2,3);;/q;;2*+1/p-2. The van der Waals surface area contributed by atoms with Gasteiger partial charge >= 0.3 is 37.7 Å². The van der Waals surface area contributed by atoms with E-state index in [-0.39, 0.29) is 44.2 Å². The Hall–Kier alpha value is -0.0652. The van der Waals surface area contributed by atoms with Gasteiger partial charge in [-0.1, -0.05) is 0 Å². The van der Waals surface area contributed by atoms with Crippen molar-refractivity contribution in [2.75, 3.05) is 0 Å². The molecule has 1 N–H and O–H groups in total. The molecular formula is C2H2Li2O5. The van der Waals surface area contributed by atoms with Crippen molar-refractivity contribution < 1.29 is 62.6 Å². The molecular weight excluding hydrogens is 118 g/mol. The molecule has 7 heteroatoms. The second-order valence-corrected chi connectivity index (χ2v) is 0.355. The van der Waals surface area contributed by atoms with Gasteiger partial charge in [0, 0.05) is 0 Å². The minimum absolute atomic E-state index is 0.